The smallest absolute Gasteiger partial charge is 0.337 e. The first-order valence-electron chi connectivity index (χ1n) is 13.3. The van der Waals surface area contributed by atoms with Gasteiger partial charge in [0.15, 0.2) is 0 Å². The lowest BCUT2D eigenvalue weighted by Gasteiger charge is -2.35. The minimum absolute atomic E-state index is 0.145. The molecule has 3 unspecified atom stereocenters. The molecular formula is C30H35N3O7. The number of non-ortho nitro benzene ring substituents is 1. The fourth-order valence-electron chi connectivity index (χ4n) is 5.56. The van der Waals surface area contributed by atoms with E-state index in [4.69, 9.17) is 14.2 Å². The molecule has 0 saturated carbocycles. The lowest BCUT2D eigenvalue weighted by Crippen LogP contribution is -2.40. The van der Waals surface area contributed by atoms with Crippen molar-refractivity contribution < 1.29 is 28.7 Å². The van der Waals surface area contributed by atoms with Gasteiger partial charge >= 0.3 is 11.9 Å². The van der Waals surface area contributed by atoms with Gasteiger partial charge in [0.2, 0.25) is 0 Å². The maximum Gasteiger partial charge on any atom is 0.337 e. The summed E-state index contributed by atoms with van der Waals surface area (Å²) in [5.74, 6) is -3.02. The predicted octanol–water partition coefficient (Wildman–Crippen LogP) is 4.61. The van der Waals surface area contributed by atoms with E-state index in [0.29, 0.717) is 23.5 Å². The molecule has 0 bridgehead atoms. The van der Waals surface area contributed by atoms with Crippen molar-refractivity contribution in [3.63, 3.8) is 0 Å². The van der Waals surface area contributed by atoms with E-state index in [1.165, 1.54) is 25.3 Å². The number of rotatable bonds is 9. The largest absolute Gasteiger partial charge is 0.468 e. The molecule has 10 nitrogen and oxygen atoms in total. The van der Waals surface area contributed by atoms with Gasteiger partial charge in [-0.2, -0.15) is 0 Å². The van der Waals surface area contributed by atoms with Crippen molar-refractivity contribution >= 4 is 23.3 Å². The Morgan fingerprint density at radius 3 is 2.40 bits per heavy atom. The summed E-state index contributed by atoms with van der Waals surface area (Å²) in [4.78, 5) is 44.8. The summed E-state index contributed by atoms with van der Waals surface area (Å²) in [5.41, 5.74) is 2.16. The van der Waals surface area contributed by atoms with Gasteiger partial charge in [-0.05, 0) is 37.8 Å². The second-order valence-corrected chi connectivity index (χ2v) is 10.1. The van der Waals surface area contributed by atoms with Gasteiger partial charge in [0.1, 0.15) is 12.0 Å². The lowest BCUT2D eigenvalue weighted by molar-refractivity contribution is -0.384. The second kappa shape index (κ2) is 13.0. The lowest BCUT2D eigenvalue weighted by atomic mass is 9.75. The van der Waals surface area contributed by atoms with Gasteiger partial charge in [-0.1, -0.05) is 42.5 Å². The van der Waals surface area contributed by atoms with Crippen molar-refractivity contribution in [2.45, 2.75) is 44.8 Å². The van der Waals surface area contributed by atoms with E-state index in [0.717, 1.165) is 31.5 Å². The highest BCUT2D eigenvalue weighted by Crippen LogP contribution is 2.41. The molecule has 0 spiro atoms. The zero-order valence-corrected chi connectivity index (χ0v) is 23.2. The van der Waals surface area contributed by atoms with Crippen molar-refractivity contribution in [3.05, 3.63) is 87.1 Å². The van der Waals surface area contributed by atoms with E-state index in [1.54, 1.807) is 27.0 Å². The van der Waals surface area contributed by atoms with Crippen molar-refractivity contribution in [2.75, 3.05) is 33.9 Å². The number of carbonyl (C=O) groups excluding carboxylic acids is 2. The third kappa shape index (κ3) is 6.46. The Labute approximate surface area is 233 Å². The van der Waals surface area contributed by atoms with Crippen LogP contribution in [0.5, 0.6) is 0 Å². The van der Waals surface area contributed by atoms with Crippen LogP contribution in [0.2, 0.25) is 0 Å². The molecule has 1 fully saturated rings. The minimum atomic E-state index is -0.943. The van der Waals surface area contributed by atoms with Crippen LogP contribution < -0.4 is 0 Å². The Balaban J connectivity index is 1.70. The van der Waals surface area contributed by atoms with Gasteiger partial charge in [-0.15, -0.1) is 0 Å². The maximum absolute atomic E-state index is 14.0. The number of aliphatic imine (C=N–C) groups is 1. The monoisotopic (exact) mass is 549 g/mol. The van der Waals surface area contributed by atoms with Gasteiger partial charge in [0.25, 0.3) is 5.69 Å². The van der Waals surface area contributed by atoms with Gasteiger partial charge in [0, 0.05) is 56.2 Å². The number of ether oxygens (including phenoxy) is 3. The number of benzene rings is 2. The molecule has 0 N–H and O–H groups in total. The number of allylic oxidation sites excluding steroid dienone is 1. The molecule has 3 atom stereocenters. The third-order valence-electron chi connectivity index (χ3n) is 7.66. The highest BCUT2D eigenvalue weighted by atomic mass is 16.6. The molecule has 2 aliphatic heterocycles. The normalized spacial score (nSPS) is 20.9. The topological polar surface area (TPSA) is 121 Å². The molecule has 0 aromatic heterocycles. The number of nitro benzene ring substituents is 1. The van der Waals surface area contributed by atoms with Gasteiger partial charge in [0.05, 0.1) is 23.7 Å². The van der Waals surface area contributed by atoms with Crippen LogP contribution in [0, 0.1) is 16.0 Å². The summed E-state index contributed by atoms with van der Waals surface area (Å²) < 4.78 is 16.8. The molecular weight excluding hydrogens is 514 g/mol. The van der Waals surface area contributed by atoms with Crippen LogP contribution in [0.4, 0.5) is 5.69 Å². The summed E-state index contributed by atoms with van der Waals surface area (Å²) in [6.07, 6.45) is 1.42. The number of carbonyl (C=O) groups is 2. The fraction of sp³-hybridized carbons (Fsp3) is 0.433. The SMILES string of the molecule is COC(=O)C1C(C)=NC(C)=C(C(=O)OC(CN2CCC(OC)CC2)c2ccccc2)C1c1cccc([N+](=O)[O-])c1. The average Bonchev–Trinajstić information content (AvgIpc) is 2.96. The molecule has 10 heteroatoms. The summed E-state index contributed by atoms with van der Waals surface area (Å²) in [7, 11) is 2.99. The van der Waals surface area contributed by atoms with E-state index < -0.39 is 34.8 Å². The number of hydrogen-bond acceptors (Lipinski definition) is 9. The first-order valence-corrected chi connectivity index (χ1v) is 13.3. The molecule has 2 aliphatic rings. The number of esters is 2. The number of nitrogens with zero attached hydrogens (tertiary/aromatic N) is 3. The Hall–Kier alpha value is -3.89. The Kier molecular flexibility index (Phi) is 9.44. The number of likely N-dealkylation sites (tertiary alicyclic amines) is 1. The van der Waals surface area contributed by atoms with E-state index in [2.05, 4.69) is 9.89 Å². The maximum atomic E-state index is 14.0. The van der Waals surface area contributed by atoms with Crippen molar-refractivity contribution in [1.29, 1.82) is 0 Å². The first kappa shape index (κ1) is 29.1. The summed E-state index contributed by atoms with van der Waals surface area (Å²) in [6, 6.07) is 15.5. The minimum Gasteiger partial charge on any atom is -0.468 e. The van der Waals surface area contributed by atoms with Crippen LogP contribution in [0.15, 0.2) is 70.9 Å². The molecule has 212 valence electrons. The number of methoxy groups -OCH3 is 2. The van der Waals surface area contributed by atoms with Crippen LogP contribution in [-0.4, -0.2) is 67.4 Å². The molecule has 2 aromatic rings. The van der Waals surface area contributed by atoms with Crippen molar-refractivity contribution in [2.24, 2.45) is 10.9 Å². The van der Waals surface area contributed by atoms with Gasteiger partial charge in [-0.3, -0.25) is 24.8 Å². The standard InChI is InChI=1S/C30H35N3O7/c1-19-26(29(34)39-4)28(22-11-8-12-23(17-22)33(36)37)27(20(2)31-19)30(35)40-25(21-9-6-5-7-10-21)18-32-15-13-24(38-3)14-16-32/h5-12,17,24-26,28H,13-16,18H2,1-4H3. The van der Waals surface area contributed by atoms with Crippen molar-refractivity contribution in [1.82, 2.24) is 4.90 Å². The summed E-state index contributed by atoms with van der Waals surface area (Å²) >= 11 is 0. The molecule has 1 saturated heterocycles. The summed E-state index contributed by atoms with van der Waals surface area (Å²) in [5, 5.41) is 11.6. The zero-order chi connectivity index (χ0) is 28.8. The van der Waals surface area contributed by atoms with Crippen LogP contribution in [0.25, 0.3) is 0 Å². The van der Waals surface area contributed by atoms with Gasteiger partial charge in [-0.25, -0.2) is 4.79 Å². The number of nitro groups is 1. The Morgan fingerprint density at radius 2 is 1.77 bits per heavy atom. The third-order valence-corrected chi connectivity index (χ3v) is 7.66. The van der Waals surface area contributed by atoms with E-state index in [1.807, 2.05) is 30.3 Å². The number of hydrogen-bond donors (Lipinski definition) is 0. The number of piperidine rings is 1. The molecule has 0 amide bonds. The quantitative estimate of drug-likeness (QED) is 0.253. The van der Waals surface area contributed by atoms with Gasteiger partial charge < -0.3 is 14.2 Å². The molecule has 0 radical (unpaired) electrons. The van der Waals surface area contributed by atoms with E-state index in [-0.39, 0.29) is 17.4 Å². The summed E-state index contributed by atoms with van der Waals surface area (Å²) in [6.45, 7) is 5.48. The average molecular weight is 550 g/mol. The van der Waals surface area contributed by atoms with E-state index >= 15 is 0 Å². The highest BCUT2D eigenvalue weighted by molar-refractivity contribution is 6.07. The van der Waals surface area contributed by atoms with Crippen molar-refractivity contribution in [3.8, 4) is 0 Å². The Bertz CT molecular complexity index is 1300. The van der Waals surface area contributed by atoms with Crippen LogP contribution in [0.3, 0.4) is 0 Å². The van der Waals surface area contributed by atoms with E-state index in [9.17, 15) is 19.7 Å². The van der Waals surface area contributed by atoms with Crippen LogP contribution >= 0.6 is 0 Å². The molecule has 2 heterocycles. The highest BCUT2D eigenvalue weighted by Gasteiger charge is 2.43. The predicted molar refractivity (Wildman–Crippen MR) is 149 cm³/mol. The zero-order valence-electron chi connectivity index (χ0n) is 23.2. The van der Waals surface area contributed by atoms with Crippen LogP contribution in [0.1, 0.15) is 49.8 Å². The fourth-order valence-corrected chi connectivity index (χ4v) is 5.56. The molecule has 0 aliphatic carbocycles. The molecule has 40 heavy (non-hydrogen) atoms. The van der Waals surface area contributed by atoms with Crippen LogP contribution in [-0.2, 0) is 23.8 Å². The first-order chi connectivity index (χ1) is 19.2. The molecule has 4 rings (SSSR count). The Morgan fingerprint density at radius 1 is 1.07 bits per heavy atom. The second-order valence-electron chi connectivity index (χ2n) is 10.1. The molecule has 2 aromatic carbocycles.